The van der Waals surface area contributed by atoms with Crippen molar-refractivity contribution in [2.24, 2.45) is 0 Å². The summed E-state index contributed by atoms with van der Waals surface area (Å²) in [5.41, 5.74) is 3.60. The second kappa shape index (κ2) is 4.06. The number of para-hydroxylation sites is 2. The maximum absolute atomic E-state index is 12.6. The van der Waals surface area contributed by atoms with Crippen molar-refractivity contribution < 1.29 is 9.59 Å². The summed E-state index contributed by atoms with van der Waals surface area (Å²) >= 11 is 0. The average Bonchev–Trinajstić information content (AvgIpc) is 2.96. The van der Waals surface area contributed by atoms with Crippen molar-refractivity contribution in [3.05, 3.63) is 71.1 Å². The molecule has 0 radical (unpaired) electrons. The quantitative estimate of drug-likeness (QED) is 0.752. The molecule has 0 saturated carbocycles. The Bertz CT molecular complexity index is 836. The third-order valence-corrected chi connectivity index (χ3v) is 3.96. The summed E-state index contributed by atoms with van der Waals surface area (Å²) in [6.07, 6.45) is 0. The number of hydrogen-bond acceptors (Lipinski definition) is 4. The van der Waals surface area contributed by atoms with Crippen LogP contribution in [0.3, 0.4) is 0 Å². The van der Waals surface area contributed by atoms with Crippen LogP contribution in [0.1, 0.15) is 20.7 Å². The molecule has 2 aromatic carbocycles. The monoisotopic (exact) mass is 276 g/mol. The summed E-state index contributed by atoms with van der Waals surface area (Å²) in [4.78, 5) is 26.9. The van der Waals surface area contributed by atoms with E-state index in [9.17, 15) is 9.59 Å². The van der Waals surface area contributed by atoms with Gasteiger partial charge in [0.25, 0.3) is 0 Å². The molecule has 0 fully saturated rings. The molecule has 21 heavy (non-hydrogen) atoms. The number of carbonyl (C=O) groups is 2. The van der Waals surface area contributed by atoms with E-state index in [2.05, 4.69) is 5.32 Å². The first-order valence-corrected chi connectivity index (χ1v) is 6.71. The van der Waals surface area contributed by atoms with Crippen molar-refractivity contribution in [3.63, 3.8) is 0 Å². The van der Waals surface area contributed by atoms with Crippen LogP contribution in [0, 0.1) is 0 Å². The Morgan fingerprint density at radius 3 is 2.24 bits per heavy atom. The number of fused-ring (bicyclic) bond motifs is 2. The van der Waals surface area contributed by atoms with E-state index in [0.29, 0.717) is 22.5 Å². The molecule has 0 spiro atoms. The fourth-order valence-corrected chi connectivity index (χ4v) is 2.92. The normalized spacial score (nSPS) is 19.6. The molecule has 4 nitrogen and oxygen atoms in total. The van der Waals surface area contributed by atoms with Crippen LogP contribution in [0.25, 0.3) is 0 Å². The van der Waals surface area contributed by atoms with E-state index in [4.69, 9.17) is 0 Å². The maximum atomic E-state index is 12.6. The lowest BCUT2D eigenvalue weighted by Crippen LogP contribution is -2.21. The Labute approximate surface area is 121 Å². The SMILES string of the molecule is CN1/C(=C2/Nc3ccccc3C2=O)C(=O)c2ccccc21. The highest BCUT2D eigenvalue weighted by Crippen LogP contribution is 2.38. The second-order valence-corrected chi connectivity index (χ2v) is 5.13. The molecule has 0 bridgehead atoms. The number of likely N-dealkylation sites (N-methyl/N-ethyl adjacent to an activating group) is 1. The van der Waals surface area contributed by atoms with Crippen LogP contribution in [-0.2, 0) is 0 Å². The molecule has 0 atom stereocenters. The molecule has 0 saturated heterocycles. The standard InChI is InChI=1S/C17H12N2O2/c1-19-13-9-5-3-7-11(13)17(21)15(19)14-16(20)10-6-2-4-8-12(10)18-14/h2-9,18H,1H3/b15-14+. The molecule has 102 valence electrons. The van der Waals surface area contributed by atoms with Gasteiger partial charge >= 0.3 is 0 Å². The molecular formula is C17H12N2O2. The molecule has 2 aromatic rings. The van der Waals surface area contributed by atoms with Crippen molar-refractivity contribution in [3.8, 4) is 0 Å². The van der Waals surface area contributed by atoms with Gasteiger partial charge in [0, 0.05) is 23.9 Å². The Morgan fingerprint density at radius 2 is 1.52 bits per heavy atom. The molecule has 0 aliphatic carbocycles. The van der Waals surface area contributed by atoms with E-state index < -0.39 is 0 Å². The number of hydrogen-bond donors (Lipinski definition) is 1. The van der Waals surface area contributed by atoms with Gasteiger partial charge in [-0.25, -0.2) is 0 Å². The number of allylic oxidation sites excluding steroid dienone is 2. The number of rotatable bonds is 0. The number of nitrogens with one attached hydrogen (secondary N) is 1. The number of carbonyl (C=O) groups excluding carboxylic acids is 2. The van der Waals surface area contributed by atoms with Gasteiger partial charge < -0.3 is 10.2 Å². The second-order valence-electron chi connectivity index (χ2n) is 5.13. The number of ketones is 2. The van der Waals surface area contributed by atoms with Gasteiger partial charge in [-0.2, -0.15) is 0 Å². The van der Waals surface area contributed by atoms with E-state index in [-0.39, 0.29) is 11.6 Å². The van der Waals surface area contributed by atoms with Crippen LogP contribution < -0.4 is 10.2 Å². The lowest BCUT2D eigenvalue weighted by Gasteiger charge is -2.15. The van der Waals surface area contributed by atoms with Crippen LogP contribution in [0.15, 0.2) is 59.9 Å². The Kier molecular flexibility index (Phi) is 2.30. The highest BCUT2D eigenvalue weighted by molar-refractivity contribution is 6.27. The average molecular weight is 276 g/mol. The summed E-state index contributed by atoms with van der Waals surface area (Å²) in [5.74, 6) is -0.245. The minimum absolute atomic E-state index is 0.114. The third kappa shape index (κ3) is 1.50. The molecule has 4 rings (SSSR count). The predicted molar refractivity (Wildman–Crippen MR) is 80.6 cm³/mol. The van der Waals surface area contributed by atoms with Crippen LogP contribution in [-0.4, -0.2) is 18.6 Å². The Morgan fingerprint density at radius 1 is 0.857 bits per heavy atom. The van der Waals surface area contributed by atoms with Gasteiger partial charge in [0.2, 0.25) is 11.6 Å². The fraction of sp³-hybridized carbons (Fsp3) is 0.0588. The van der Waals surface area contributed by atoms with E-state index >= 15 is 0 Å². The van der Waals surface area contributed by atoms with Crippen molar-refractivity contribution >= 4 is 22.9 Å². The van der Waals surface area contributed by atoms with E-state index in [1.54, 1.807) is 17.0 Å². The largest absolute Gasteiger partial charge is 0.350 e. The smallest absolute Gasteiger partial charge is 0.213 e. The summed E-state index contributed by atoms with van der Waals surface area (Å²) in [6, 6.07) is 14.7. The van der Waals surface area contributed by atoms with E-state index in [0.717, 1.165) is 11.4 Å². The van der Waals surface area contributed by atoms with Gasteiger partial charge in [0.05, 0.1) is 5.69 Å². The van der Waals surface area contributed by atoms with Gasteiger partial charge in [-0.15, -0.1) is 0 Å². The molecule has 1 N–H and O–H groups in total. The van der Waals surface area contributed by atoms with Crippen molar-refractivity contribution in [1.29, 1.82) is 0 Å². The lowest BCUT2D eigenvalue weighted by molar-refractivity contribution is 0.101. The summed E-state index contributed by atoms with van der Waals surface area (Å²) in [7, 11) is 1.81. The number of nitrogens with zero attached hydrogens (tertiary/aromatic N) is 1. The first kappa shape index (κ1) is 11.9. The van der Waals surface area contributed by atoms with E-state index in [1.807, 2.05) is 43.4 Å². The molecule has 2 heterocycles. The molecule has 0 amide bonds. The van der Waals surface area contributed by atoms with Gasteiger partial charge in [-0.05, 0) is 24.3 Å². The molecule has 2 aliphatic rings. The van der Waals surface area contributed by atoms with Crippen molar-refractivity contribution in [2.45, 2.75) is 0 Å². The van der Waals surface area contributed by atoms with Gasteiger partial charge in [-0.1, -0.05) is 24.3 Å². The zero-order valence-electron chi connectivity index (χ0n) is 11.4. The van der Waals surface area contributed by atoms with Crippen LogP contribution in [0.5, 0.6) is 0 Å². The highest BCUT2D eigenvalue weighted by atomic mass is 16.1. The molecular weight excluding hydrogens is 264 g/mol. The fourth-order valence-electron chi connectivity index (χ4n) is 2.92. The zero-order chi connectivity index (χ0) is 14.6. The summed E-state index contributed by atoms with van der Waals surface area (Å²) < 4.78 is 0. The number of Topliss-reactive ketones (excluding diaryl/α,β-unsaturated/α-hetero) is 2. The molecule has 0 unspecified atom stereocenters. The highest BCUT2D eigenvalue weighted by Gasteiger charge is 2.37. The third-order valence-electron chi connectivity index (χ3n) is 3.96. The van der Waals surface area contributed by atoms with Gasteiger partial charge in [-0.3, -0.25) is 9.59 Å². The Hall–Kier alpha value is -2.88. The van der Waals surface area contributed by atoms with Crippen LogP contribution in [0.2, 0.25) is 0 Å². The predicted octanol–water partition coefficient (Wildman–Crippen LogP) is 2.84. The van der Waals surface area contributed by atoms with Crippen LogP contribution >= 0.6 is 0 Å². The van der Waals surface area contributed by atoms with E-state index in [1.165, 1.54) is 0 Å². The molecule has 4 heteroatoms. The number of benzene rings is 2. The Balaban J connectivity index is 1.90. The summed E-state index contributed by atoms with van der Waals surface area (Å²) in [6.45, 7) is 0. The molecule has 2 aliphatic heterocycles. The minimum atomic E-state index is -0.131. The maximum Gasteiger partial charge on any atom is 0.213 e. The molecule has 0 aromatic heterocycles. The first-order valence-electron chi connectivity index (χ1n) is 6.71. The van der Waals surface area contributed by atoms with Crippen molar-refractivity contribution in [1.82, 2.24) is 0 Å². The topological polar surface area (TPSA) is 49.4 Å². The lowest BCUT2D eigenvalue weighted by atomic mass is 10.1. The van der Waals surface area contributed by atoms with Crippen LogP contribution in [0.4, 0.5) is 11.4 Å². The summed E-state index contributed by atoms with van der Waals surface area (Å²) in [5, 5.41) is 3.09. The van der Waals surface area contributed by atoms with Crippen molar-refractivity contribution in [2.75, 3.05) is 17.3 Å². The first-order chi connectivity index (χ1) is 10.2. The van der Waals surface area contributed by atoms with Gasteiger partial charge in [0.1, 0.15) is 11.4 Å². The number of anilines is 2. The zero-order valence-corrected chi connectivity index (χ0v) is 11.4. The van der Waals surface area contributed by atoms with Gasteiger partial charge in [0.15, 0.2) is 0 Å². The minimum Gasteiger partial charge on any atom is -0.350 e.